The van der Waals surface area contributed by atoms with Crippen molar-refractivity contribution in [3.05, 3.63) is 57.8 Å². The second kappa shape index (κ2) is 8.57. The molecule has 2 aliphatic rings. The summed E-state index contributed by atoms with van der Waals surface area (Å²) in [5, 5.41) is 2.15. The molecule has 0 bridgehead atoms. The fourth-order valence-corrected chi connectivity index (χ4v) is 5.54. The van der Waals surface area contributed by atoms with Gasteiger partial charge < -0.3 is 9.80 Å². The molecule has 27 heavy (non-hydrogen) atoms. The van der Waals surface area contributed by atoms with Crippen LogP contribution in [0.1, 0.15) is 54.0 Å². The molecule has 0 radical (unpaired) electrons. The second-order valence-electron chi connectivity index (χ2n) is 8.08. The summed E-state index contributed by atoms with van der Waals surface area (Å²) in [7, 11) is 2.20. The number of rotatable bonds is 5. The first kappa shape index (κ1) is 18.7. The van der Waals surface area contributed by atoms with E-state index in [2.05, 4.69) is 58.6 Å². The molecule has 1 fully saturated rings. The second-order valence-corrected chi connectivity index (χ2v) is 9.08. The number of benzene rings is 1. The Morgan fingerprint density at radius 2 is 1.93 bits per heavy atom. The van der Waals surface area contributed by atoms with Crippen molar-refractivity contribution < 1.29 is 4.79 Å². The van der Waals surface area contributed by atoms with Crippen LogP contribution in [-0.2, 0) is 17.8 Å². The molecule has 0 N–H and O–H groups in total. The van der Waals surface area contributed by atoms with Crippen LogP contribution in [0, 0.1) is 0 Å². The lowest BCUT2D eigenvalue weighted by Crippen LogP contribution is -2.40. The number of nitrogens with zero attached hydrogens (tertiary/aromatic N) is 2. The van der Waals surface area contributed by atoms with Gasteiger partial charge in [0.1, 0.15) is 0 Å². The Balaban J connectivity index is 1.22. The zero-order chi connectivity index (χ0) is 18.6. The minimum Gasteiger partial charge on any atom is -0.338 e. The maximum atomic E-state index is 12.7. The normalized spacial score (nSPS) is 22.7. The Morgan fingerprint density at radius 1 is 1.15 bits per heavy atom. The molecule has 1 aromatic carbocycles. The zero-order valence-corrected chi connectivity index (χ0v) is 17.1. The van der Waals surface area contributed by atoms with Crippen LogP contribution < -0.4 is 0 Å². The summed E-state index contributed by atoms with van der Waals surface area (Å²) in [5.41, 5.74) is 2.85. The Labute approximate surface area is 167 Å². The number of hydrogen-bond donors (Lipinski definition) is 0. The van der Waals surface area contributed by atoms with Crippen molar-refractivity contribution in [2.45, 2.75) is 57.0 Å². The van der Waals surface area contributed by atoms with Crippen LogP contribution in [0.25, 0.3) is 0 Å². The molecule has 2 heterocycles. The first-order valence-corrected chi connectivity index (χ1v) is 11.2. The molecule has 2 aromatic rings. The smallest absolute Gasteiger partial charge is 0.224 e. The molecule has 1 amide bonds. The highest BCUT2D eigenvalue weighted by atomic mass is 32.1. The summed E-state index contributed by atoms with van der Waals surface area (Å²) in [6.07, 6.45) is 6.69. The molecule has 144 valence electrons. The molecule has 4 heteroatoms. The van der Waals surface area contributed by atoms with Crippen LogP contribution in [-0.4, -0.2) is 41.9 Å². The van der Waals surface area contributed by atoms with Gasteiger partial charge in [-0.25, -0.2) is 0 Å². The molecule has 0 atom stereocenters. The molecule has 0 unspecified atom stereocenters. The summed E-state index contributed by atoms with van der Waals surface area (Å²) < 4.78 is 0. The molecule has 3 nitrogen and oxygen atoms in total. The number of carbonyl (C=O) groups is 1. The van der Waals surface area contributed by atoms with Crippen LogP contribution in [0.3, 0.4) is 0 Å². The number of thiophene rings is 1. The van der Waals surface area contributed by atoms with Crippen molar-refractivity contribution in [2.24, 2.45) is 0 Å². The van der Waals surface area contributed by atoms with Gasteiger partial charge in [0.25, 0.3) is 0 Å². The molecule has 0 spiro atoms. The Morgan fingerprint density at radius 3 is 2.70 bits per heavy atom. The predicted octanol–water partition coefficient (Wildman–Crippen LogP) is 4.68. The first-order valence-electron chi connectivity index (χ1n) is 10.3. The van der Waals surface area contributed by atoms with Crippen molar-refractivity contribution in [1.29, 1.82) is 0 Å². The van der Waals surface area contributed by atoms with Gasteiger partial charge in [-0.2, -0.15) is 0 Å². The minimum atomic E-state index is 0.316. The summed E-state index contributed by atoms with van der Waals surface area (Å²) >= 11 is 1.83. The Bertz CT molecular complexity index is 749. The molecule has 1 aliphatic carbocycles. The monoisotopic (exact) mass is 382 g/mol. The quantitative estimate of drug-likeness (QED) is 0.749. The van der Waals surface area contributed by atoms with Crippen molar-refractivity contribution in [1.82, 2.24) is 9.80 Å². The van der Waals surface area contributed by atoms with Crippen LogP contribution >= 0.6 is 11.3 Å². The Hall–Kier alpha value is -1.65. The highest BCUT2D eigenvalue weighted by Gasteiger charge is 2.26. The maximum Gasteiger partial charge on any atom is 0.224 e. The third-order valence-electron chi connectivity index (χ3n) is 6.43. The third-order valence-corrected chi connectivity index (χ3v) is 7.45. The van der Waals surface area contributed by atoms with Gasteiger partial charge >= 0.3 is 0 Å². The van der Waals surface area contributed by atoms with E-state index in [1.54, 1.807) is 0 Å². The van der Waals surface area contributed by atoms with Gasteiger partial charge in [0.2, 0.25) is 5.91 Å². The van der Waals surface area contributed by atoms with E-state index in [1.807, 2.05) is 11.3 Å². The molecule has 4 rings (SSSR count). The molecule has 1 aliphatic heterocycles. The molecule has 1 aromatic heterocycles. The van der Waals surface area contributed by atoms with Gasteiger partial charge in [-0.05, 0) is 67.6 Å². The first-order chi connectivity index (χ1) is 13.2. The third kappa shape index (κ3) is 4.44. The number of hydrogen-bond acceptors (Lipinski definition) is 3. The Kier molecular flexibility index (Phi) is 5.94. The number of fused-ring (bicyclic) bond motifs is 1. The summed E-state index contributed by atoms with van der Waals surface area (Å²) in [6.45, 7) is 2.58. The minimum absolute atomic E-state index is 0.316. The molecular weight excluding hydrogens is 352 g/mol. The maximum absolute atomic E-state index is 12.7. The molecular formula is C23H30N2OS. The average Bonchev–Trinajstić information content (AvgIpc) is 3.20. The van der Waals surface area contributed by atoms with E-state index in [9.17, 15) is 4.79 Å². The van der Waals surface area contributed by atoms with Crippen molar-refractivity contribution in [3.63, 3.8) is 0 Å². The zero-order valence-electron chi connectivity index (χ0n) is 16.3. The fourth-order valence-electron chi connectivity index (χ4n) is 4.65. The van der Waals surface area contributed by atoms with Gasteiger partial charge in [0.05, 0.1) is 0 Å². The van der Waals surface area contributed by atoms with Gasteiger partial charge in [-0.1, -0.05) is 30.3 Å². The van der Waals surface area contributed by atoms with E-state index < -0.39 is 0 Å². The van der Waals surface area contributed by atoms with Gasteiger partial charge in [0.15, 0.2) is 0 Å². The van der Waals surface area contributed by atoms with Crippen LogP contribution in [0.15, 0.2) is 41.8 Å². The SMILES string of the molecule is CN(CCC(=O)N1CCc2sccc2C1)C1CCC(c2ccccc2)CC1. The van der Waals surface area contributed by atoms with Crippen LogP contribution in [0.4, 0.5) is 0 Å². The van der Waals surface area contributed by atoms with E-state index in [0.717, 1.165) is 26.1 Å². The number of carbonyl (C=O) groups excluding carboxylic acids is 1. The summed E-state index contributed by atoms with van der Waals surface area (Å²) in [6, 6.07) is 13.7. The largest absolute Gasteiger partial charge is 0.338 e. The van der Waals surface area contributed by atoms with E-state index in [0.29, 0.717) is 24.3 Å². The van der Waals surface area contributed by atoms with Crippen LogP contribution in [0.5, 0.6) is 0 Å². The summed E-state index contributed by atoms with van der Waals surface area (Å²) in [4.78, 5) is 18.6. The lowest BCUT2D eigenvalue weighted by molar-refractivity contribution is -0.132. The van der Waals surface area contributed by atoms with E-state index >= 15 is 0 Å². The van der Waals surface area contributed by atoms with Crippen molar-refractivity contribution in [2.75, 3.05) is 20.1 Å². The standard InChI is InChI=1S/C23H30N2OS/c1-24(21-9-7-19(8-10-21)18-5-3-2-4-6-18)14-12-23(26)25-15-11-22-20(17-25)13-16-27-22/h2-6,13,16,19,21H,7-12,14-15,17H2,1H3. The highest BCUT2D eigenvalue weighted by molar-refractivity contribution is 7.10. The predicted molar refractivity (Wildman–Crippen MR) is 112 cm³/mol. The molecule has 0 saturated heterocycles. The van der Waals surface area contributed by atoms with Crippen molar-refractivity contribution in [3.8, 4) is 0 Å². The fraction of sp³-hybridized carbons (Fsp3) is 0.522. The van der Waals surface area contributed by atoms with E-state index in [4.69, 9.17) is 0 Å². The lowest BCUT2D eigenvalue weighted by atomic mass is 9.81. The van der Waals surface area contributed by atoms with Crippen molar-refractivity contribution >= 4 is 17.2 Å². The van der Waals surface area contributed by atoms with Gasteiger partial charge in [-0.3, -0.25) is 4.79 Å². The average molecular weight is 383 g/mol. The topological polar surface area (TPSA) is 23.6 Å². The van der Waals surface area contributed by atoms with Gasteiger partial charge in [0, 0.05) is 37.0 Å². The van der Waals surface area contributed by atoms with E-state index in [1.165, 1.54) is 41.7 Å². The van der Waals surface area contributed by atoms with E-state index in [-0.39, 0.29) is 0 Å². The highest BCUT2D eigenvalue weighted by Crippen LogP contribution is 2.34. The van der Waals surface area contributed by atoms with Crippen LogP contribution in [0.2, 0.25) is 0 Å². The van der Waals surface area contributed by atoms with Gasteiger partial charge in [-0.15, -0.1) is 11.3 Å². The summed E-state index contributed by atoms with van der Waals surface area (Å²) in [5.74, 6) is 1.03. The lowest BCUT2D eigenvalue weighted by Gasteiger charge is -2.35. The number of amides is 1. The molecule has 1 saturated carbocycles.